The third-order valence-corrected chi connectivity index (χ3v) is 5.03. The first-order valence-electron chi connectivity index (χ1n) is 9.69. The maximum absolute atomic E-state index is 11.3. The van der Waals surface area contributed by atoms with Crippen molar-refractivity contribution in [2.24, 2.45) is 0 Å². The number of allylic oxidation sites excluding steroid dienone is 2. The smallest absolute Gasteiger partial charge is 0.306 e. The molecule has 1 fully saturated rings. The molecule has 27 heavy (non-hydrogen) atoms. The number of hydrogen-bond donors (Lipinski definition) is 3. The molecule has 0 saturated carbocycles. The fraction of sp³-hybridized carbons (Fsp3) is 0.714. The maximum atomic E-state index is 11.3. The molecule has 3 N–H and O–H groups in total. The molecule has 6 nitrogen and oxygen atoms in total. The first kappa shape index (κ1) is 23.5. The summed E-state index contributed by atoms with van der Waals surface area (Å²) in [5.74, 6) is -0.412. The lowest BCUT2D eigenvalue weighted by atomic mass is 9.91. The van der Waals surface area contributed by atoms with E-state index < -0.39 is 24.4 Å². The van der Waals surface area contributed by atoms with E-state index in [1.807, 2.05) is 19.9 Å². The molecule has 0 bridgehead atoms. The minimum Gasteiger partial charge on any atom is -0.457 e. The molecule has 1 rings (SSSR count). The highest BCUT2D eigenvalue weighted by Crippen LogP contribution is 2.32. The van der Waals surface area contributed by atoms with E-state index in [0.29, 0.717) is 44.9 Å². The van der Waals surface area contributed by atoms with Gasteiger partial charge in [0.25, 0.3) is 0 Å². The summed E-state index contributed by atoms with van der Waals surface area (Å²) in [6, 6.07) is 0. The number of ketones is 1. The third-order valence-electron chi connectivity index (χ3n) is 5.03. The summed E-state index contributed by atoms with van der Waals surface area (Å²) in [5, 5.41) is 29.2. The van der Waals surface area contributed by atoms with Crippen molar-refractivity contribution < 1.29 is 29.6 Å². The molecule has 1 aliphatic heterocycles. The third kappa shape index (κ3) is 8.82. The van der Waals surface area contributed by atoms with Gasteiger partial charge in [-0.05, 0) is 59.3 Å². The van der Waals surface area contributed by atoms with E-state index in [9.17, 15) is 19.8 Å². The second-order valence-corrected chi connectivity index (χ2v) is 7.77. The van der Waals surface area contributed by atoms with Crippen LogP contribution in [0.1, 0.15) is 72.1 Å². The number of Topliss-reactive ketones (excluding diaryl/α,β-unsaturated/α-hetero) is 1. The van der Waals surface area contributed by atoms with Gasteiger partial charge in [-0.2, -0.15) is 0 Å². The number of esters is 1. The lowest BCUT2D eigenvalue weighted by Crippen LogP contribution is -2.39. The number of ether oxygens (including phenoxy) is 1. The molecular formula is C21H34O6. The minimum absolute atomic E-state index is 0.150. The van der Waals surface area contributed by atoms with Crippen LogP contribution >= 0.6 is 0 Å². The first-order valence-corrected chi connectivity index (χ1v) is 9.69. The molecule has 0 radical (unpaired) electrons. The van der Waals surface area contributed by atoms with Crippen molar-refractivity contribution >= 4 is 11.8 Å². The van der Waals surface area contributed by atoms with Crippen molar-refractivity contribution in [3.8, 4) is 0 Å². The number of hydrogen-bond acceptors (Lipinski definition) is 6. The highest BCUT2D eigenvalue weighted by atomic mass is 16.6. The van der Waals surface area contributed by atoms with Gasteiger partial charge >= 0.3 is 5.97 Å². The van der Waals surface area contributed by atoms with E-state index >= 15 is 0 Å². The van der Waals surface area contributed by atoms with Crippen LogP contribution in [0.15, 0.2) is 23.3 Å². The normalized spacial score (nSPS) is 23.3. The van der Waals surface area contributed by atoms with Crippen LogP contribution in [-0.4, -0.2) is 51.5 Å². The molecule has 6 heteroatoms. The number of carbonyl (C=O) groups is 2. The predicted octanol–water partition coefficient (Wildman–Crippen LogP) is 2.60. The van der Waals surface area contributed by atoms with Gasteiger partial charge in [0.2, 0.25) is 0 Å². The predicted molar refractivity (Wildman–Crippen MR) is 103 cm³/mol. The molecule has 0 amide bonds. The van der Waals surface area contributed by atoms with Gasteiger partial charge in [0.05, 0.1) is 12.2 Å². The Morgan fingerprint density at radius 2 is 1.96 bits per heavy atom. The quantitative estimate of drug-likeness (QED) is 0.272. The van der Waals surface area contributed by atoms with Crippen molar-refractivity contribution in [1.82, 2.24) is 0 Å². The zero-order chi connectivity index (χ0) is 20.4. The number of cyclic esters (lactones) is 1. The summed E-state index contributed by atoms with van der Waals surface area (Å²) >= 11 is 0. The molecule has 3 atom stereocenters. The van der Waals surface area contributed by atoms with Gasteiger partial charge < -0.3 is 20.1 Å². The maximum Gasteiger partial charge on any atom is 0.306 e. The highest BCUT2D eigenvalue weighted by molar-refractivity contribution is 5.79. The SMILES string of the molecule is CC(=CC(O)CC(C)=CCCCC(=O)CO)CCC(O)C1(C)CCC(=O)O1. The lowest BCUT2D eigenvalue weighted by Gasteiger charge is -2.28. The minimum atomic E-state index is -0.799. The molecule has 0 aromatic rings. The molecule has 0 aromatic heterocycles. The molecule has 154 valence electrons. The Morgan fingerprint density at radius 3 is 2.56 bits per heavy atom. The van der Waals surface area contributed by atoms with Gasteiger partial charge in [0.1, 0.15) is 12.2 Å². The van der Waals surface area contributed by atoms with E-state index in [1.165, 1.54) is 0 Å². The van der Waals surface area contributed by atoms with E-state index in [0.717, 1.165) is 17.6 Å². The average Bonchev–Trinajstić information content (AvgIpc) is 2.96. The van der Waals surface area contributed by atoms with Gasteiger partial charge in [0.15, 0.2) is 5.78 Å². The van der Waals surface area contributed by atoms with Crippen LogP contribution in [0, 0.1) is 0 Å². The molecule has 3 unspecified atom stereocenters. The Hall–Kier alpha value is -1.50. The largest absolute Gasteiger partial charge is 0.457 e. The first-order chi connectivity index (χ1) is 12.7. The van der Waals surface area contributed by atoms with Crippen molar-refractivity contribution in [3.05, 3.63) is 23.3 Å². The molecule has 1 aliphatic rings. The zero-order valence-corrected chi connectivity index (χ0v) is 16.7. The molecule has 0 aromatic carbocycles. The van der Waals surface area contributed by atoms with Crippen molar-refractivity contribution in [2.45, 2.75) is 89.9 Å². The lowest BCUT2D eigenvalue weighted by molar-refractivity contribution is -0.156. The number of unbranched alkanes of at least 4 members (excludes halogenated alkanes) is 1. The van der Waals surface area contributed by atoms with E-state index in [-0.39, 0.29) is 11.8 Å². The number of aliphatic hydroxyl groups excluding tert-OH is 3. The Labute approximate surface area is 161 Å². The molecule has 1 heterocycles. The fourth-order valence-electron chi connectivity index (χ4n) is 3.23. The zero-order valence-electron chi connectivity index (χ0n) is 16.7. The summed E-state index contributed by atoms with van der Waals surface area (Å²) in [4.78, 5) is 22.3. The summed E-state index contributed by atoms with van der Waals surface area (Å²) in [6.07, 6.45) is 6.81. The molecule has 0 aliphatic carbocycles. The standard InChI is InChI=1S/C21H34O6/c1-15(6-4-5-7-17(23)14-22)12-18(24)13-16(2)8-9-19(25)21(3)11-10-20(26)27-21/h6,13,18-19,22,24-25H,4-5,7-12,14H2,1-3H3. The molecule has 0 spiro atoms. The van der Waals surface area contributed by atoms with Crippen LogP contribution in [0.2, 0.25) is 0 Å². The number of rotatable bonds is 12. The topological polar surface area (TPSA) is 104 Å². The van der Waals surface area contributed by atoms with Gasteiger partial charge in [-0.15, -0.1) is 0 Å². The fourth-order valence-corrected chi connectivity index (χ4v) is 3.23. The van der Waals surface area contributed by atoms with Gasteiger partial charge in [0, 0.05) is 12.8 Å². The van der Waals surface area contributed by atoms with Crippen molar-refractivity contribution in [1.29, 1.82) is 0 Å². The Morgan fingerprint density at radius 1 is 1.26 bits per heavy atom. The van der Waals surface area contributed by atoms with Crippen LogP contribution in [0.3, 0.4) is 0 Å². The second kappa shape index (κ2) is 11.4. The van der Waals surface area contributed by atoms with E-state index in [1.54, 1.807) is 13.0 Å². The average molecular weight is 382 g/mol. The van der Waals surface area contributed by atoms with E-state index in [4.69, 9.17) is 9.84 Å². The van der Waals surface area contributed by atoms with E-state index in [2.05, 4.69) is 0 Å². The Bertz CT molecular complexity index is 565. The second-order valence-electron chi connectivity index (χ2n) is 7.77. The Kier molecular flexibility index (Phi) is 9.91. The van der Waals surface area contributed by atoms with Crippen LogP contribution < -0.4 is 0 Å². The summed E-state index contributed by atoms with van der Waals surface area (Å²) in [6.45, 7) is 5.22. The van der Waals surface area contributed by atoms with Crippen LogP contribution in [0.4, 0.5) is 0 Å². The molecule has 1 saturated heterocycles. The summed E-state index contributed by atoms with van der Waals surface area (Å²) < 4.78 is 5.25. The van der Waals surface area contributed by atoms with Crippen molar-refractivity contribution in [2.75, 3.05) is 6.61 Å². The summed E-state index contributed by atoms with van der Waals surface area (Å²) in [5.41, 5.74) is 1.23. The monoisotopic (exact) mass is 382 g/mol. The highest BCUT2D eigenvalue weighted by Gasteiger charge is 2.41. The number of carbonyl (C=O) groups excluding carboxylic acids is 2. The van der Waals surface area contributed by atoms with Crippen LogP contribution in [0.5, 0.6) is 0 Å². The van der Waals surface area contributed by atoms with Crippen LogP contribution in [0.25, 0.3) is 0 Å². The number of aliphatic hydroxyl groups is 3. The van der Waals surface area contributed by atoms with Gasteiger partial charge in [-0.3, -0.25) is 9.59 Å². The van der Waals surface area contributed by atoms with Gasteiger partial charge in [-0.25, -0.2) is 0 Å². The molecular weight excluding hydrogens is 348 g/mol. The summed E-state index contributed by atoms with van der Waals surface area (Å²) in [7, 11) is 0. The van der Waals surface area contributed by atoms with Crippen molar-refractivity contribution in [3.63, 3.8) is 0 Å². The Balaban J connectivity index is 2.36. The van der Waals surface area contributed by atoms with Crippen LogP contribution in [-0.2, 0) is 14.3 Å². The van der Waals surface area contributed by atoms with Gasteiger partial charge in [-0.1, -0.05) is 23.3 Å².